The van der Waals surface area contributed by atoms with Crippen LogP contribution in [0.1, 0.15) is 16.7 Å². The van der Waals surface area contributed by atoms with Gasteiger partial charge in [-0.2, -0.15) is 0 Å². The number of rotatable bonds is 5. The summed E-state index contributed by atoms with van der Waals surface area (Å²) in [5, 5.41) is 3.43. The maximum absolute atomic E-state index is 5.39. The fraction of sp³-hybridized carbons (Fsp3) is 0.294. The molecular formula is C17H21NO2. The van der Waals surface area contributed by atoms with Crippen LogP contribution in [0.15, 0.2) is 36.4 Å². The maximum atomic E-state index is 5.39. The van der Waals surface area contributed by atoms with Crippen molar-refractivity contribution >= 4 is 5.69 Å². The monoisotopic (exact) mass is 271 g/mol. The van der Waals surface area contributed by atoms with Crippen LogP contribution in [-0.4, -0.2) is 14.2 Å². The Bertz CT molecular complexity index is 573. The van der Waals surface area contributed by atoms with E-state index in [1.165, 1.54) is 16.7 Å². The Morgan fingerprint density at radius 3 is 2.25 bits per heavy atom. The molecule has 1 N–H and O–H groups in total. The highest BCUT2D eigenvalue weighted by molar-refractivity contribution is 5.59. The van der Waals surface area contributed by atoms with E-state index in [2.05, 4.69) is 37.4 Å². The van der Waals surface area contributed by atoms with Gasteiger partial charge in [-0.1, -0.05) is 18.2 Å². The molecule has 2 aromatic rings. The molecule has 3 nitrogen and oxygen atoms in total. The Labute approximate surface area is 120 Å². The number of anilines is 1. The first-order valence-corrected chi connectivity index (χ1v) is 6.66. The second-order valence-corrected chi connectivity index (χ2v) is 4.79. The van der Waals surface area contributed by atoms with Crippen molar-refractivity contribution in [1.29, 1.82) is 0 Å². The lowest BCUT2D eigenvalue weighted by atomic mass is 10.0. The zero-order valence-electron chi connectivity index (χ0n) is 12.5. The minimum absolute atomic E-state index is 0.779. The van der Waals surface area contributed by atoms with Crippen LogP contribution in [0.2, 0.25) is 0 Å². The molecule has 0 bridgehead atoms. The highest BCUT2D eigenvalue weighted by atomic mass is 16.5. The summed E-state index contributed by atoms with van der Waals surface area (Å²) in [5.74, 6) is 1.58. The Balaban J connectivity index is 2.19. The van der Waals surface area contributed by atoms with Gasteiger partial charge in [-0.15, -0.1) is 0 Å². The zero-order chi connectivity index (χ0) is 14.5. The van der Waals surface area contributed by atoms with Crippen LogP contribution in [0.4, 0.5) is 5.69 Å². The van der Waals surface area contributed by atoms with Gasteiger partial charge in [0.25, 0.3) is 0 Å². The van der Waals surface area contributed by atoms with Crippen LogP contribution >= 0.6 is 0 Å². The number of aryl methyl sites for hydroxylation is 2. The molecule has 0 aliphatic heterocycles. The minimum atomic E-state index is 0.779. The van der Waals surface area contributed by atoms with Crippen LogP contribution in [-0.2, 0) is 6.54 Å². The predicted octanol–water partition coefficient (Wildman–Crippen LogP) is 3.93. The molecule has 0 saturated heterocycles. The highest BCUT2D eigenvalue weighted by Gasteiger charge is 2.06. The summed E-state index contributed by atoms with van der Waals surface area (Å²) in [7, 11) is 3.32. The van der Waals surface area contributed by atoms with E-state index in [1.54, 1.807) is 14.2 Å². The minimum Gasteiger partial charge on any atom is -0.497 e. The van der Waals surface area contributed by atoms with Gasteiger partial charge in [-0.05, 0) is 42.7 Å². The molecule has 0 fully saturated rings. The Morgan fingerprint density at radius 2 is 1.65 bits per heavy atom. The smallest absolute Gasteiger partial charge is 0.145 e. The third-order valence-corrected chi connectivity index (χ3v) is 3.51. The average molecular weight is 271 g/mol. The Morgan fingerprint density at radius 1 is 0.950 bits per heavy atom. The fourth-order valence-corrected chi connectivity index (χ4v) is 2.26. The summed E-state index contributed by atoms with van der Waals surface area (Å²) in [6.07, 6.45) is 0. The SMILES string of the molecule is COc1ccc(NCc2c(C)cccc2C)c(OC)c1. The molecule has 0 spiro atoms. The van der Waals surface area contributed by atoms with Crippen molar-refractivity contribution in [3.8, 4) is 11.5 Å². The number of hydrogen-bond acceptors (Lipinski definition) is 3. The number of benzene rings is 2. The van der Waals surface area contributed by atoms with Crippen LogP contribution in [0.25, 0.3) is 0 Å². The molecule has 106 valence electrons. The Hall–Kier alpha value is -2.16. The number of ether oxygens (including phenoxy) is 2. The quantitative estimate of drug-likeness (QED) is 0.893. The highest BCUT2D eigenvalue weighted by Crippen LogP contribution is 2.29. The largest absolute Gasteiger partial charge is 0.497 e. The normalized spacial score (nSPS) is 10.2. The van der Waals surface area contributed by atoms with E-state index >= 15 is 0 Å². The van der Waals surface area contributed by atoms with Gasteiger partial charge in [-0.25, -0.2) is 0 Å². The van der Waals surface area contributed by atoms with E-state index < -0.39 is 0 Å². The number of nitrogens with one attached hydrogen (secondary N) is 1. The lowest BCUT2D eigenvalue weighted by Gasteiger charge is -2.15. The van der Waals surface area contributed by atoms with Crippen LogP contribution < -0.4 is 14.8 Å². The van der Waals surface area contributed by atoms with Gasteiger partial charge in [0.05, 0.1) is 19.9 Å². The lowest BCUT2D eigenvalue weighted by molar-refractivity contribution is 0.395. The van der Waals surface area contributed by atoms with E-state index in [0.717, 1.165) is 23.7 Å². The van der Waals surface area contributed by atoms with E-state index in [9.17, 15) is 0 Å². The van der Waals surface area contributed by atoms with E-state index in [4.69, 9.17) is 9.47 Å². The van der Waals surface area contributed by atoms with Crippen molar-refractivity contribution in [1.82, 2.24) is 0 Å². The summed E-state index contributed by atoms with van der Waals surface area (Å²) in [5.41, 5.74) is 4.89. The first-order chi connectivity index (χ1) is 9.65. The average Bonchev–Trinajstić information content (AvgIpc) is 2.46. The molecule has 0 radical (unpaired) electrons. The van der Waals surface area contributed by atoms with E-state index in [1.807, 2.05) is 18.2 Å². The van der Waals surface area contributed by atoms with Crippen molar-refractivity contribution in [3.05, 3.63) is 53.1 Å². The lowest BCUT2D eigenvalue weighted by Crippen LogP contribution is -2.04. The van der Waals surface area contributed by atoms with Crippen molar-refractivity contribution in [2.24, 2.45) is 0 Å². The third-order valence-electron chi connectivity index (χ3n) is 3.51. The summed E-state index contributed by atoms with van der Waals surface area (Å²) in [6, 6.07) is 12.1. The van der Waals surface area contributed by atoms with E-state index in [-0.39, 0.29) is 0 Å². The predicted molar refractivity (Wildman–Crippen MR) is 82.8 cm³/mol. The standard InChI is InChI=1S/C17H21NO2/c1-12-6-5-7-13(2)15(12)11-18-16-9-8-14(19-3)10-17(16)20-4/h5-10,18H,11H2,1-4H3. The van der Waals surface area contributed by atoms with Crippen LogP contribution in [0.3, 0.4) is 0 Å². The molecule has 0 unspecified atom stereocenters. The third kappa shape index (κ3) is 3.05. The number of methoxy groups -OCH3 is 2. The van der Waals surface area contributed by atoms with Crippen molar-refractivity contribution in [2.75, 3.05) is 19.5 Å². The zero-order valence-corrected chi connectivity index (χ0v) is 12.5. The molecule has 0 heterocycles. The van der Waals surface area contributed by atoms with Gasteiger partial charge in [0, 0.05) is 12.6 Å². The molecule has 3 heteroatoms. The second kappa shape index (κ2) is 6.33. The molecule has 2 rings (SSSR count). The second-order valence-electron chi connectivity index (χ2n) is 4.79. The molecular weight excluding hydrogens is 250 g/mol. The first kappa shape index (κ1) is 14.3. The van der Waals surface area contributed by atoms with Gasteiger partial charge < -0.3 is 14.8 Å². The number of hydrogen-bond donors (Lipinski definition) is 1. The topological polar surface area (TPSA) is 30.5 Å². The molecule has 2 aromatic carbocycles. The van der Waals surface area contributed by atoms with Gasteiger partial charge in [0.2, 0.25) is 0 Å². The van der Waals surface area contributed by atoms with Crippen molar-refractivity contribution in [3.63, 3.8) is 0 Å². The van der Waals surface area contributed by atoms with Crippen molar-refractivity contribution in [2.45, 2.75) is 20.4 Å². The molecule has 0 aliphatic carbocycles. The summed E-state index contributed by atoms with van der Waals surface area (Å²) < 4.78 is 10.6. The molecule has 20 heavy (non-hydrogen) atoms. The van der Waals surface area contributed by atoms with Gasteiger partial charge in [0.15, 0.2) is 0 Å². The first-order valence-electron chi connectivity index (χ1n) is 6.66. The van der Waals surface area contributed by atoms with Crippen LogP contribution in [0.5, 0.6) is 11.5 Å². The summed E-state index contributed by atoms with van der Waals surface area (Å²) >= 11 is 0. The summed E-state index contributed by atoms with van der Waals surface area (Å²) in [4.78, 5) is 0. The van der Waals surface area contributed by atoms with Crippen LogP contribution in [0, 0.1) is 13.8 Å². The molecule has 0 saturated carbocycles. The molecule has 0 amide bonds. The molecule has 0 aromatic heterocycles. The molecule has 0 aliphatic rings. The molecule has 0 atom stereocenters. The Kier molecular flexibility index (Phi) is 4.51. The van der Waals surface area contributed by atoms with Crippen molar-refractivity contribution < 1.29 is 9.47 Å². The fourth-order valence-electron chi connectivity index (χ4n) is 2.26. The summed E-state index contributed by atoms with van der Waals surface area (Å²) in [6.45, 7) is 5.05. The van der Waals surface area contributed by atoms with Gasteiger partial charge >= 0.3 is 0 Å². The van der Waals surface area contributed by atoms with Gasteiger partial charge in [-0.3, -0.25) is 0 Å². The van der Waals surface area contributed by atoms with Gasteiger partial charge in [0.1, 0.15) is 11.5 Å². The van der Waals surface area contributed by atoms with E-state index in [0.29, 0.717) is 0 Å². The maximum Gasteiger partial charge on any atom is 0.145 e.